The Hall–Kier alpha value is -0.360. The molecular formula is C10H19F3N2S. The minimum Gasteiger partial charge on any atom is -0.393 e. The van der Waals surface area contributed by atoms with Gasteiger partial charge >= 0.3 is 6.18 Å². The third-order valence-electron chi connectivity index (χ3n) is 2.77. The lowest BCUT2D eigenvalue weighted by Crippen LogP contribution is -2.45. The molecule has 0 heterocycles. The first-order valence-electron chi connectivity index (χ1n) is 5.30. The average molecular weight is 256 g/mol. The van der Waals surface area contributed by atoms with Gasteiger partial charge in [-0.05, 0) is 19.9 Å². The molecule has 0 aliphatic heterocycles. The summed E-state index contributed by atoms with van der Waals surface area (Å²) in [6, 6.07) is 0.138. The second kappa shape index (κ2) is 6.39. The SMILES string of the molecule is CCC(CC)N(C)CC(C(N)=S)C(F)(F)F. The normalized spacial score (nSPS) is 14.5. The van der Waals surface area contributed by atoms with Gasteiger partial charge in [0.25, 0.3) is 0 Å². The Balaban J connectivity index is 4.58. The van der Waals surface area contributed by atoms with Crippen molar-refractivity contribution in [1.82, 2.24) is 4.90 Å². The molecule has 0 fully saturated rings. The Bertz CT molecular complexity index is 227. The van der Waals surface area contributed by atoms with Crippen molar-refractivity contribution >= 4 is 17.2 Å². The van der Waals surface area contributed by atoms with Crippen LogP contribution in [0.25, 0.3) is 0 Å². The molecule has 16 heavy (non-hydrogen) atoms. The Morgan fingerprint density at radius 1 is 1.31 bits per heavy atom. The van der Waals surface area contributed by atoms with E-state index in [1.165, 1.54) is 0 Å². The van der Waals surface area contributed by atoms with Crippen LogP contribution in [0.4, 0.5) is 13.2 Å². The molecule has 0 bridgehead atoms. The predicted molar refractivity (Wildman–Crippen MR) is 63.3 cm³/mol. The summed E-state index contributed by atoms with van der Waals surface area (Å²) in [5, 5.41) is 0. The molecule has 0 aliphatic rings. The van der Waals surface area contributed by atoms with Gasteiger partial charge in [-0.1, -0.05) is 26.1 Å². The average Bonchev–Trinajstić information content (AvgIpc) is 2.13. The molecule has 2 nitrogen and oxygen atoms in total. The molecule has 0 rings (SSSR count). The lowest BCUT2D eigenvalue weighted by atomic mass is 10.1. The molecule has 0 aromatic heterocycles. The number of rotatable bonds is 6. The van der Waals surface area contributed by atoms with E-state index in [0.717, 1.165) is 12.8 Å². The van der Waals surface area contributed by atoms with Gasteiger partial charge in [0.05, 0.1) is 4.99 Å². The standard InChI is InChI=1S/C10H19F3N2S/c1-4-7(5-2)15(3)6-8(9(14)16)10(11,12)13/h7-8H,4-6H2,1-3H3,(H2,14,16). The van der Waals surface area contributed by atoms with Crippen LogP contribution in [0.15, 0.2) is 0 Å². The highest BCUT2D eigenvalue weighted by molar-refractivity contribution is 7.80. The zero-order chi connectivity index (χ0) is 12.9. The van der Waals surface area contributed by atoms with Crippen molar-refractivity contribution in [3.63, 3.8) is 0 Å². The van der Waals surface area contributed by atoms with Gasteiger partial charge in [-0.2, -0.15) is 13.2 Å². The molecule has 0 aromatic rings. The van der Waals surface area contributed by atoms with E-state index in [-0.39, 0.29) is 12.6 Å². The highest BCUT2D eigenvalue weighted by Gasteiger charge is 2.42. The summed E-state index contributed by atoms with van der Waals surface area (Å²) in [5.41, 5.74) is 5.14. The van der Waals surface area contributed by atoms with Crippen LogP contribution in [0.3, 0.4) is 0 Å². The molecule has 6 heteroatoms. The van der Waals surface area contributed by atoms with E-state index >= 15 is 0 Å². The van der Waals surface area contributed by atoms with Crippen LogP contribution in [-0.4, -0.2) is 35.7 Å². The van der Waals surface area contributed by atoms with Crippen molar-refractivity contribution in [3.05, 3.63) is 0 Å². The molecule has 1 unspecified atom stereocenters. The number of hydrogen-bond donors (Lipinski definition) is 1. The van der Waals surface area contributed by atoms with Crippen LogP contribution in [0.1, 0.15) is 26.7 Å². The third-order valence-corrected chi connectivity index (χ3v) is 3.06. The maximum Gasteiger partial charge on any atom is 0.399 e. The molecule has 2 N–H and O–H groups in total. The minimum absolute atomic E-state index is 0.138. The summed E-state index contributed by atoms with van der Waals surface area (Å²) in [7, 11) is 1.68. The van der Waals surface area contributed by atoms with Gasteiger partial charge in [0.1, 0.15) is 5.92 Å². The molecule has 96 valence electrons. The summed E-state index contributed by atoms with van der Waals surface area (Å²) >= 11 is 4.47. The van der Waals surface area contributed by atoms with Crippen molar-refractivity contribution < 1.29 is 13.2 Å². The highest BCUT2D eigenvalue weighted by Crippen LogP contribution is 2.27. The first-order valence-corrected chi connectivity index (χ1v) is 5.71. The fourth-order valence-electron chi connectivity index (χ4n) is 1.70. The van der Waals surface area contributed by atoms with Crippen LogP contribution in [0.5, 0.6) is 0 Å². The van der Waals surface area contributed by atoms with E-state index in [1.807, 2.05) is 13.8 Å². The summed E-state index contributed by atoms with van der Waals surface area (Å²) in [4.78, 5) is 1.20. The van der Waals surface area contributed by atoms with Crippen LogP contribution in [-0.2, 0) is 0 Å². The second-order valence-electron chi connectivity index (χ2n) is 3.91. The molecule has 0 saturated heterocycles. The molecule has 0 radical (unpaired) electrons. The molecule has 0 aromatic carbocycles. The maximum absolute atomic E-state index is 12.6. The molecule has 0 spiro atoms. The summed E-state index contributed by atoms with van der Waals surface area (Å²) in [5.74, 6) is -1.71. The fraction of sp³-hybridized carbons (Fsp3) is 0.900. The van der Waals surface area contributed by atoms with Gasteiger partial charge < -0.3 is 10.6 Å². The Morgan fingerprint density at radius 3 is 2.00 bits per heavy atom. The third kappa shape index (κ3) is 4.65. The largest absolute Gasteiger partial charge is 0.399 e. The number of nitrogens with zero attached hydrogens (tertiary/aromatic N) is 1. The van der Waals surface area contributed by atoms with E-state index in [4.69, 9.17) is 5.73 Å². The molecule has 0 amide bonds. The Labute approximate surface area is 100.0 Å². The summed E-state index contributed by atoms with van der Waals surface area (Å²) < 4.78 is 37.8. The van der Waals surface area contributed by atoms with E-state index in [0.29, 0.717) is 0 Å². The summed E-state index contributed by atoms with van der Waals surface area (Å²) in [6.07, 6.45) is -2.73. The van der Waals surface area contributed by atoms with Gasteiger partial charge in [-0.15, -0.1) is 0 Å². The zero-order valence-electron chi connectivity index (χ0n) is 9.84. The van der Waals surface area contributed by atoms with E-state index in [9.17, 15) is 13.2 Å². The first-order chi connectivity index (χ1) is 7.23. The highest BCUT2D eigenvalue weighted by atomic mass is 32.1. The summed E-state index contributed by atoms with van der Waals surface area (Å²) in [6.45, 7) is 3.74. The van der Waals surface area contributed by atoms with Crippen molar-refractivity contribution in [2.45, 2.75) is 38.9 Å². The lowest BCUT2D eigenvalue weighted by Gasteiger charge is -2.30. The van der Waals surface area contributed by atoms with Crippen LogP contribution in [0.2, 0.25) is 0 Å². The monoisotopic (exact) mass is 256 g/mol. The van der Waals surface area contributed by atoms with Crippen molar-refractivity contribution in [2.75, 3.05) is 13.6 Å². The Kier molecular flexibility index (Phi) is 6.25. The second-order valence-corrected chi connectivity index (χ2v) is 4.38. The molecule has 0 saturated carbocycles. The van der Waals surface area contributed by atoms with Crippen LogP contribution < -0.4 is 5.73 Å². The van der Waals surface area contributed by atoms with Crippen molar-refractivity contribution in [3.8, 4) is 0 Å². The van der Waals surface area contributed by atoms with Crippen LogP contribution >= 0.6 is 12.2 Å². The smallest absolute Gasteiger partial charge is 0.393 e. The van der Waals surface area contributed by atoms with Crippen molar-refractivity contribution in [1.29, 1.82) is 0 Å². The first kappa shape index (κ1) is 15.6. The van der Waals surface area contributed by atoms with E-state index < -0.39 is 17.1 Å². The van der Waals surface area contributed by atoms with E-state index in [1.54, 1.807) is 11.9 Å². The predicted octanol–water partition coefficient (Wildman–Crippen LogP) is 2.57. The molecular weight excluding hydrogens is 237 g/mol. The Morgan fingerprint density at radius 2 is 1.75 bits per heavy atom. The van der Waals surface area contributed by atoms with Gasteiger partial charge in [-0.3, -0.25) is 0 Å². The number of thiocarbonyl (C=S) groups is 1. The number of hydrogen-bond acceptors (Lipinski definition) is 2. The van der Waals surface area contributed by atoms with Gasteiger partial charge in [-0.25, -0.2) is 0 Å². The van der Waals surface area contributed by atoms with Crippen LogP contribution in [0, 0.1) is 5.92 Å². The molecule has 0 aliphatic carbocycles. The topological polar surface area (TPSA) is 29.3 Å². The number of alkyl halides is 3. The number of halogens is 3. The zero-order valence-corrected chi connectivity index (χ0v) is 10.7. The van der Waals surface area contributed by atoms with Gasteiger partial charge in [0.15, 0.2) is 0 Å². The quantitative estimate of drug-likeness (QED) is 0.741. The number of nitrogens with two attached hydrogens (primary N) is 1. The maximum atomic E-state index is 12.6. The lowest BCUT2D eigenvalue weighted by molar-refractivity contribution is -0.159. The van der Waals surface area contributed by atoms with E-state index in [2.05, 4.69) is 12.2 Å². The van der Waals surface area contributed by atoms with Crippen molar-refractivity contribution in [2.24, 2.45) is 11.7 Å². The van der Waals surface area contributed by atoms with Gasteiger partial charge in [0.2, 0.25) is 0 Å². The minimum atomic E-state index is -4.36. The molecule has 1 atom stereocenters. The van der Waals surface area contributed by atoms with Gasteiger partial charge in [0, 0.05) is 12.6 Å². The fourth-order valence-corrected chi connectivity index (χ4v) is 1.91.